The zero-order valence-electron chi connectivity index (χ0n) is 15.7. The predicted molar refractivity (Wildman–Crippen MR) is 109 cm³/mol. The van der Waals surface area contributed by atoms with Crippen LogP contribution in [-0.4, -0.2) is 22.1 Å². The third-order valence-electron chi connectivity index (χ3n) is 4.63. The number of hydrogen-bond donors (Lipinski definition) is 2. The van der Waals surface area contributed by atoms with Gasteiger partial charge in [-0.05, 0) is 36.4 Å². The number of H-pyrrole nitrogens is 1. The van der Waals surface area contributed by atoms with Gasteiger partial charge in [-0.25, -0.2) is 9.97 Å². The standard InChI is InChI=1S/C21H16ClF3N4O/c1-30-19(15-11-28-20-14(15)3-2-8-26-20)12-4-7-18(27-10-12)29-13-5-6-17(22)16(9-13)21(23,24)25/h2-11,19H,1H3,(H,26,28)(H,27,29). The summed E-state index contributed by atoms with van der Waals surface area (Å²) >= 11 is 5.66. The fourth-order valence-corrected chi connectivity index (χ4v) is 3.46. The molecule has 2 N–H and O–H groups in total. The third-order valence-corrected chi connectivity index (χ3v) is 4.96. The first-order valence-corrected chi connectivity index (χ1v) is 9.29. The van der Waals surface area contributed by atoms with Gasteiger partial charge < -0.3 is 15.0 Å². The average molecular weight is 433 g/mol. The number of benzene rings is 1. The molecule has 1 atom stereocenters. The van der Waals surface area contributed by atoms with E-state index in [9.17, 15) is 13.2 Å². The van der Waals surface area contributed by atoms with E-state index in [2.05, 4.69) is 20.3 Å². The van der Waals surface area contributed by atoms with Crippen LogP contribution in [0.4, 0.5) is 24.7 Å². The van der Waals surface area contributed by atoms with E-state index >= 15 is 0 Å². The largest absolute Gasteiger partial charge is 0.417 e. The summed E-state index contributed by atoms with van der Waals surface area (Å²) in [6.07, 6.45) is 0.243. The molecule has 0 aliphatic heterocycles. The van der Waals surface area contributed by atoms with Crippen molar-refractivity contribution in [3.63, 3.8) is 0 Å². The summed E-state index contributed by atoms with van der Waals surface area (Å²) in [5.41, 5.74) is 1.79. The van der Waals surface area contributed by atoms with Gasteiger partial charge in [-0.2, -0.15) is 13.2 Å². The second-order valence-electron chi connectivity index (χ2n) is 6.55. The molecule has 1 aromatic carbocycles. The zero-order chi connectivity index (χ0) is 21.3. The van der Waals surface area contributed by atoms with Crippen LogP contribution in [0.2, 0.25) is 5.02 Å². The molecular weight excluding hydrogens is 417 g/mol. The summed E-state index contributed by atoms with van der Waals surface area (Å²) in [5, 5.41) is 3.45. The average Bonchev–Trinajstić information content (AvgIpc) is 3.14. The summed E-state index contributed by atoms with van der Waals surface area (Å²) < 4.78 is 44.8. The fraction of sp³-hybridized carbons (Fsp3) is 0.143. The van der Waals surface area contributed by atoms with Crippen LogP contribution >= 0.6 is 11.6 Å². The quantitative estimate of drug-likeness (QED) is 0.399. The summed E-state index contributed by atoms with van der Waals surface area (Å²) in [5.74, 6) is 0.393. The zero-order valence-corrected chi connectivity index (χ0v) is 16.4. The van der Waals surface area contributed by atoms with Crippen molar-refractivity contribution in [3.8, 4) is 0 Å². The lowest BCUT2D eigenvalue weighted by molar-refractivity contribution is -0.137. The molecule has 4 rings (SSSR count). The topological polar surface area (TPSA) is 62.8 Å². The number of nitrogens with zero attached hydrogens (tertiary/aromatic N) is 2. The molecule has 5 nitrogen and oxygen atoms in total. The first-order chi connectivity index (χ1) is 14.4. The van der Waals surface area contributed by atoms with E-state index in [1.807, 2.05) is 18.3 Å². The lowest BCUT2D eigenvalue weighted by atomic mass is 10.0. The van der Waals surface area contributed by atoms with Crippen molar-refractivity contribution in [2.75, 3.05) is 12.4 Å². The molecule has 4 aromatic rings. The van der Waals surface area contributed by atoms with Gasteiger partial charge in [0.05, 0.1) is 10.6 Å². The maximum atomic E-state index is 13.0. The smallest absolute Gasteiger partial charge is 0.372 e. The Kier molecular flexibility index (Phi) is 5.36. The molecule has 1 unspecified atom stereocenters. The molecule has 30 heavy (non-hydrogen) atoms. The molecular formula is C21H16ClF3N4O. The molecule has 0 amide bonds. The van der Waals surface area contributed by atoms with Crippen molar-refractivity contribution in [1.29, 1.82) is 0 Å². The molecule has 0 radical (unpaired) electrons. The van der Waals surface area contributed by atoms with Crippen LogP contribution in [0, 0.1) is 0 Å². The van der Waals surface area contributed by atoms with Crippen molar-refractivity contribution >= 4 is 34.1 Å². The molecule has 0 fully saturated rings. The molecule has 154 valence electrons. The Morgan fingerprint density at radius 1 is 1.13 bits per heavy atom. The van der Waals surface area contributed by atoms with E-state index in [0.29, 0.717) is 5.82 Å². The van der Waals surface area contributed by atoms with Crippen LogP contribution in [0.5, 0.6) is 0 Å². The minimum atomic E-state index is -4.54. The highest BCUT2D eigenvalue weighted by atomic mass is 35.5. The number of fused-ring (bicyclic) bond motifs is 1. The fourth-order valence-electron chi connectivity index (χ4n) is 3.24. The Balaban J connectivity index is 1.58. The van der Waals surface area contributed by atoms with E-state index in [-0.39, 0.29) is 16.8 Å². The number of hydrogen-bond acceptors (Lipinski definition) is 4. The van der Waals surface area contributed by atoms with Crippen molar-refractivity contribution in [1.82, 2.24) is 15.0 Å². The maximum absolute atomic E-state index is 13.0. The first kappa shape index (κ1) is 20.2. The minimum Gasteiger partial charge on any atom is -0.372 e. The van der Waals surface area contributed by atoms with Crippen LogP contribution in [0.1, 0.15) is 22.8 Å². The van der Waals surface area contributed by atoms with Gasteiger partial charge in [-0.15, -0.1) is 0 Å². The second kappa shape index (κ2) is 7.97. The van der Waals surface area contributed by atoms with Gasteiger partial charge in [0, 0.05) is 47.9 Å². The Hall–Kier alpha value is -3.10. The van der Waals surface area contributed by atoms with E-state index in [0.717, 1.165) is 28.2 Å². The van der Waals surface area contributed by atoms with Gasteiger partial charge in [0.25, 0.3) is 0 Å². The molecule has 0 saturated carbocycles. The first-order valence-electron chi connectivity index (χ1n) is 8.91. The van der Waals surface area contributed by atoms with Gasteiger partial charge in [0.1, 0.15) is 17.6 Å². The SMILES string of the molecule is COC(c1ccc(Nc2ccc(Cl)c(C(F)(F)F)c2)nc1)c1c[nH]c2ncccc12. The number of ether oxygens (including phenoxy) is 1. The monoisotopic (exact) mass is 432 g/mol. The van der Waals surface area contributed by atoms with E-state index in [1.165, 1.54) is 12.1 Å². The number of pyridine rings is 2. The predicted octanol–water partition coefficient (Wildman–Crippen LogP) is 6.11. The maximum Gasteiger partial charge on any atom is 0.417 e. The lowest BCUT2D eigenvalue weighted by Crippen LogP contribution is -2.07. The minimum absolute atomic E-state index is 0.234. The van der Waals surface area contributed by atoms with Gasteiger partial charge in [-0.3, -0.25) is 0 Å². The molecule has 3 heterocycles. The molecule has 0 saturated heterocycles. The normalized spacial score (nSPS) is 12.8. The van der Waals surface area contributed by atoms with Gasteiger partial charge in [-0.1, -0.05) is 17.7 Å². The molecule has 3 aromatic heterocycles. The van der Waals surface area contributed by atoms with Crippen LogP contribution in [-0.2, 0) is 10.9 Å². The summed E-state index contributed by atoms with van der Waals surface area (Å²) in [6.45, 7) is 0. The summed E-state index contributed by atoms with van der Waals surface area (Å²) in [4.78, 5) is 11.7. The Morgan fingerprint density at radius 2 is 1.97 bits per heavy atom. The lowest BCUT2D eigenvalue weighted by Gasteiger charge is -2.16. The van der Waals surface area contributed by atoms with Crippen LogP contribution < -0.4 is 5.32 Å². The van der Waals surface area contributed by atoms with Crippen LogP contribution in [0.3, 0.4) is 0 Å². The van der Waals surface area contributed by atoms with Crippen molar-refractivity contribution in [3.05, 3.63) is 82.8 Å². The van der Waals surface area contributed by atoms with Gasteiger partial charge in [0.2, 0.25) is 0 Å². The van der Waals surface area contributed by atoms with Crippen molar-refractivity contribution in [2.45, 2.75) is 12.3 Å². The number of nitrogens with one attached hydrogen (secondary N) is 2. The molecule has 9 heteroatoms. The molecule has 0 spiro atoms. The number of alkyl halides is 3. The second-order valence-corrected chi connectivity index (χ2v) is 6.96. The Morgan fingerprint density at radius 3 is 2.67 bits per heavy atom. The third kappa shape index (κ3) is 3.96. The molecule has 0 bridgehead atoms. The van der Waals surface area contributed by atoms with Crippen molar-refractivity contribution in [2.24, 2.45) is 0 Å². The number of halogens is 4. The van der Waals surface area contributed by atoms with Crippen LogP contribution in [0.25, 0.3) is 11.0 Å². The highest BCUT2D eigenvalue weighted by Crippen LogP contribution is 2.37. The van der Waals surface area contributed by atoms with Gasteiger partial charge >= 0.3 is 6.18 Å². The molecule has 0 aliphatic carbocycles. The van der Waals surface area contributed by atoms with Crippen LogP contribution in [0.15, 0.2) is 61.1 Å². The van der Waals surface area contributed by atoms with Gasteiger partial charge in [0.15, 0.2) is 0 Å². The van der Waals surface area contributed by atoms with Crippen molar-refractivity contribution < 1.29 is 17.9 Å². The number of rotatable bonds is 5. The summed E-state index contributed by atoms with van der Waals surface area (Å²) in [6, 6.07) is 10.9. The number of methoxy groups -OCH3 is 1. The number of aromatic nitrogens is 3. The Labute approximate surface area is 174 Å². The molecule has 0 aliphatic rings. The Bertz CT molecular complexity index is 1180. The summed E-state index contributed by atoms with van der Waals surface area (Å²) in [7, 11) is 1.60. The highest BCUT2D eigenvalue weighted by molar-refractivity contribution is 6.31. The van der Waals surface area contributed by atoms with E-state index < -0.39 is 11.7 Å². The highest BCUT2D eigenvalue weighted by Gasteiger charge is 2.33. The van der Waals surface area contributed by atoms with E-state index in [4.69, 9.17) is 16.3 Å². The number of anilines is 2. The van der Waals surface area contributed by atoms with E-state index in [1.54, 1.807) is 31.6 Å². The number of aromatic amines is 1.